The Bertz CT molecular complexity index is 1170. The molecule has 0 unspecified atom stereocenters. The molecule has 5 rings (SSSR count). The van der Waals surface area contributed by atoms with Crippen molar-refractivity contribution in [2.45, 2.75) is 19.3 Å². The lowest BCUT2D eigenvalue weighted by Gasteiger charge is -2.26. The molecule has 1 amide bonds. The van der Waals surface area contributed by atoms with Crippen molar-refractivity contribution in [2.75, 3.05) is 44.0 Å². The van der Waals surface area contributed by atoms with Crippen molar-refractivity contribution in [3.8, 4) is 11.5 Å². The summed E-state index contributed by atoms with van der Waals surface area (Å²) in [5.74, 6) is 1.03. The highest BCUT2D eigenvalue weighted by Gasteiger charge is 2.23. The van der Waals surface area contributed by atoms with E-state index in [1.54, 1.807) is 25.7 Å². The monoisotopic (exact) mass is 451 g/mol. The Morgan fingerprint density at radius 2 is 2.09 bits per heavy atom. The van der Waals surface area contributed by atoms with Crippen molar-refractivity contribution >= 4 is 50.9 Å². The smallest absolute Gasteiger partial charge is 0.268 e. The molecule has 2 aliphatic heterocycles. The van der Waals surface area contributed by atoms with Crippen LogP contribution in [0, 0.1) is 0 Å². The van der Waals surface area contributed by atoms with E-state index in [0.717, 1.165) is 35.5 Å². The molecule has 166 valence electrons. The number of hydrogen-bond acceptors (Lipinski definition) is 8. The first-order valence-corrected chi connectivity index (χ1v) is 11.6. The number of hydrogen-bond donors (Lipinski definition) is 2. The minimum Gasteiger partial charge on any atom is -0.493 e. The SMILES string of the molecule is COc1cc(NC(=O)c2sc3nccc4c3c2N=CN4)ccc1OCCN1CCCCC1. The van der Waals surface area contributed by atoms with Crippen molar-refractivity contribution in [3.63, 3.8) is 0 Å². The van der Waals surface area contributed by atoms with E-state index in [0.29, 0.717) is 34.4 Å². The van der Waals surface area contributed by atoms with Crippen LogP contribution >= 0.6 is 11.3 Å². The number of aliphatic imine (C=N–C) groups is 1. The molecule has 2 aliphatic rings. The van der Waals surface area contributed by atoms with Crippen LogP contribution in [0.25, 0.3) is 10.2 Å². The van der Waals surface area contributed by atoms with Gasteiger partial charge in [0, 0.05) is 24.5 Å². The zero-order valence-corrected chi connectivity index (χ0v) is 18.7. The predicted octanol–water partition coefficient (Wildman–Crippen LogP) is 4.51. The normalized spacial score (nSPS) is 15.4. The second-order valence-corrected chi connectivity index (χ2v) is 8.79. The number of nitrogens with zero attached hydrogens (tertiary/aromatic N) is 3. The number of thiophene rings is 1. The van der Waals surface area contributed by atoms with Crippen molar-refractivity contribution < 1.29 is 14.3 Å². The Morgan fingerprint density at radius 3 is 2.94 bits per heavy atom. The molecule has 0 radical (unpaired) electrons. The van der Waals surface area contributed by atoms with E-state index >= 15 is 0 Å². The van der Waals surface area contributed by atoms with Crippen molar-refractivity contribution in [2.24, 2.45) is 4.99 Å². The van der Waals surface area contributed by atoms with Crippen LogP contribution in [0.2, 0.25) is 0 Å². The van der Waals surface area contributed by atoms with Crippen molar-refractivity contribution in [3.05, 3.63) is 35.3 Å². The standard InChI is InChI=1S/C23H25N5O3S/c1-30-18-13-15(5-6-17(18)31-12-11-28-9-3-2-4-10-28)27-22(29)21-20-19-16(25-14-26-20)7-8-24-23(19)32-21/h5-8,13-14H,2-4,9-12H2,1H3,(H,25,26)(H,27,29). The number of carbonyl (C=O) groups excluding carboxylic acids is 1. The first-order chi connectivity index (χ1) is 15.7. The molecule has 2 aromatic heterocycles. The molecule has 0 aliphatic carbocycles. The Morgan fingerprint density at radius 1 is 1.22 bits per heavy atom. The van der Waals surface area contributed by atoms with Crippen molar-refractivity contribution in [1.29, 1.82) is 0 Å². The molecule has 1 fully saturated rings. The van der Waals surface area contributed by atoms with Gasteiger partial charge in [-0.05, 0) is 44.1 Å². The Labute approximate surface area is 190 Å². The molecule has 9 heteroatoms. The average molecular weight is 452 g/mol. The Hall–Kier alpha value is -3.17. The van der Waals surface area contributed by atoms with E-state index in [9.17, 15) is 4.79 Å². The predicted molar refractivity (Wildman–Crippen MR) is 128 cm³/mol. The second-order valence-electron chi connectivity index (χ2n) is 7.79. The third-order valence-corrected chi connectivity index (χ3v) is 6.81. The Balaban J connectivity index is 1.28. The van der Waals surface area contributed by atoms with Gasteiger partial charge in [0.1, 0.15) is 16.3 Å². The van der Waals surface area contributed by atoms with Gasteiger partial charge < -0.3 is 20.1 Å². The summed E-state index contributed by atoms with van der Waals surface area (Å²) >= 11 is 1.33. The molecule has 1 aromatic carbocycles. The molecule has 3 aromatic rings. The summed E-state index contributed by atoms with van der Waals surface area (Å²) in [5, 5.41) is 6.93. The largest absolute Gasteiger partial charge is 0.493 e. The van der Waals surface area contributed by atoms with E-state index < -0.39 is 0 Å². The molecule has 4 heterocycles. The number of amides is 1. The summed E-state index contributed by atoms with van der Waals surface area (Å²) in [4.78, 5) is 25.5. The van der Waals surface area contributed by atoms with Crippen LogP contribution in [-0.2, 0) is 0 Å². The van der Waals surface area contributed by atoms with E-state index in [4.69, 9.17) is 9.47 Å². The number of aromatic nitrogens is 1. The summed E-state index contributed by atoms with van der Waals surface area (Å²) in [6, 6.07) is 7.31. The lowest BCUT2D eigenvalue weighted by molar-refractivity contribution is 0.103. The van der Waals surface area contributed by atoms with Gasteiger partial charge in [-0.3, -0.25) is 9.69 Å². The maximum absolute atomic E-state index is 13.0. The maximum atomic E-state index is 13.0. The van der Waals surface area contributed by atoms with Crippen LogP contribution in [0.1, 0.15) is 28.9 Å². The number of ether oxygens (including phenoxy) is 2. The van der Waals surface area contributed by atoms with Crippen LogP contribution in [0.5, 0.6) is 11.5 Å². The number of carbonyl (C=O) groups is 1. The zero-order chi connectivity index (χ0) is 21.9. The minimum atomic E-state index is -0.228. The fourth-order valence-corrected chi connectivity index (χ4v) is 5.10. The highest BCUT2D eigenvalue weighted by molar-refractivity contribution is 7.21. The quantitative estimate of drug-likeness (QED) is 0.550. The van der Waals surface area contributed by atoms with Gasteiger partial charge in [0.25, 0.3) is 5.91 Å². The topological polar surface area (TPSA) is 88.1 Å². The number of rotatable bonds is 7. The molecule has 0 atom stereocenters. The van der Waals surface area contributed by atoms with E-state index in [-0.39, 0.29) is 5.91 Å². The van der Waals surface area contributed by atoms with E-state index in [1.165, 1.54) is 30.6 Å². The number of methoxy groups -OCH3 is 1. The summed E-state index contributed by atoms with van der Waals surface area (Å²) in [7, 11) is 1.60. The third-order valence-electron chi connectivity index (χ3n) is 5.72. The van der Waals surface area contributed by atoms with Crippen LogP contribution < -0.4 is 20.1 Å². The first-order valence-electron chi connectivity index (χ1n) is 10.8. The number of benzene rings is 1. The summed E-state index contributed by atoms with van der Waals surface area (Å²) < 4.78 is 11.5. The fourth-order valence-electron chi connectivity index (χ4n) is 4.09. The summed E-state index contributed by atoms with van der Waals surface area (Å²) in [6.45, 7) is 3.79. The molecule has 0 spiro atoms. The van der Waals surface area contributed by atoms with Gasteiger partial charge in [-0.15, -0.1) is 11.3 Å². The van der Waals surface area contributed by atoms with Gasteiger partial charge in [0.05, 0.1) is 30.2 Å². The van der Waals surface area contributed by atoms with Crippen LogP contribution in [-0.4, -0.2) is 55.5 Å². The van der Waals surface area contributed by atoms with Gasteiger partial charge in [0.15, 0.2) is 11.5 Å². The van der Waals surface area contributed by atoms with E-state index in [1.807, 2.05) is 18.2 Å². The lowest BCUT2D eigenvalue weighted by Crippen LogP contribution is -2.33. The molecule has 1 saturated heterocycles. The van der Waals surface area contributed by atoms with Gasteiger partial charge in [-0.25, -0.2) is 9.98 Å². The van der Waals surface area contributed by atoms with Gasteiger partial charge >= 0.3 is 0 Å². The number of anilines is 2. The second kappa shape index (κ2) is 9.13. The lowest BCUT2D eigenvalue weighted by atomic mass is 10.1. The Kier molecular flexibility index (Phi) is 5.91. The molecule has 8 nitrogen and oxygen atoms in total. The number of pyridine rings is 1. The molecule has 0 bridgehead atoms. The zero-order valence-electron chi connectivity index (χ0n) is 17.9. The summed E-state index contributed by atoms with van der Waals surface area (Å²) in [6.07, 6.45) is 7.17. The molecular weight excluding hydrogens is 426 g/mol. The minimum absolute atomic E-state index is 0.228. The number of likely N-dealkylation sites (tertiary alicyclic amines) is 1. The molecular formula is C23H25N5O3S. The molecule has 0 saturated carbocycles. The van der Waals surface area contributed by atoms with Crippen LogP contribution in [0.15, 0.2) is 35.5 Å². The van der Waals surface area contributed by atoms with Crippen LogP contribution in [0.3, 0.4) is 0 Å². The van der Waals surface area contributed by atoms with Gasteiger partial charge in [-0.1, -0.05) is 6.42 Å². The first kappa shape index (κ1) is 20.7. The van der Waals surface area contributed by atoms with E-state index in [2.05, 4.69) is 25.5 Å². The molecule has 2 N–H and O–H groups in total. The fraction of sp³-hybridized carbons (Fsp3) is 0.348. The highest BCUT2D eigenvalue weighted by Crippen LogP contribution is 2.42. The summed E-state index contributed by atoms with van der Waals surface area (Å²) in [5.41, 5.74) is 2.18. The van der Waals surface area contributed by atoms with Gasteiger partial charge in [-0.2, -0.15) is 0 Å². The maximum Gasteiger partial charge on any atom is 0.268 e. The highest BCUT2D eigenvalue weighted by atomic mass is 32.1. The van der Waals surface area contributed by atoms with Crippen molar-refractivity contribution in [1.82, 2.24) is 9.88 Å². The number of nitrogens with one attached hydrogen (secondary N) is 2. The average Bonchev–Trinajstić information content (AvgIpc) is 3.21. The van der Waals surface area contributed by atoms with Gasteiger partial charge in [0.2, 0.25) is 0 Å². The molecule has 32 heavy (non-hydrogen) atoms. The number of piperidine rings is 1. The van der Waals surface area contributed by atoms with Crippen LogP contribution in [0.4, 0.5) is 17.1 Å². The third kappa shape index (κ3) is 4.13.